The molecule has 0 N–H and O–H groups in total. The van der Waals surface area contributed by atoms with Crippen LogP contribution in [0, 0.1) is 0 Å². The molecule has 0 aromatic heterocycles. The Morgan fingerprint density at radius 3 is 2.43 bits per heavy atom. The second-order valence-corrected chi connectivity index (χ2v) is 6.15. The lowest BCUT2D eigenvalue weighted by Crippen LogP contribution is -1.94. The highest BCUT2D eigenvalue weighted by Gasteiger charge is 2.14. The van der Waals surface area contributed by atoms with Crippen molar-refractivity contribution in [1.82, 2.24) is 0 Å². The van der Waals surface area contributed by atoms with Gasteiger partial charge in [0.15, 0.2) is 0 Å². The fourth-order valence-electron chi connectivity index (χ4n) is 2.39. The maximum atomic E-state index is 6.64. The quantitative estimate of drug-likeness (QED) is 0.525. The summed E-state index contributed by atoms with van der Waals surface area (Å²) in [4.78, 5) is 0. The van der Waals surface area contributed by atoms with Crippen LogP contribution in [0.2, 0.25) is 0 Å². The van der Waals surface area contributed by atoms with E-state index in [1.807, 2.05) is 36.4 Å². The molecule has 0 aliphatic heterocycles. The van der Waals surface area contributed by atoms with Crippen molar-refractivity contribution in [2.45, 2.75) is 5.38 Å². The van der Waals surface area contributed by atoms with E-state index in [4.69, 9.17) is 16.3 Å². The number of benzene rings is 3. The van der Waals surface area contributed by atoms with Gasteiger partial charge in [0.25, 0.3) is 0 Å². The Morgan fingerprint density at radius 2 is 1.67 bits per heavy atom. The van der Waals surface area contributed by atoms with E-state index in [9.17, 15) is 0 Å². The minimum atomic E-state index is -0.174. The van der Waals surface area contributed by atoms with E-state index in [2.05, 4.69) is 40.2 Å². The van der Waals surface area contributed by atoms with Crippen LogP contribution in [0.5, 0.6) is 5.75 Å². The smallest absolute Gasteiger partial charge is 0.119 e. The molecule has 0 radical (unpaired) electrons. The van der Waals surface area contributed by atoms with Gasteiger partial charge in [-0.25, -0.2) is 0 Å². The van der Waals surface area contributed by atoms with Crippen LogP contribution in [0.1, 0.15) is 16.5 Å². The van der Waals surface area contributed by atoms with E-state index >= 15 is 0 Å². The number of hydrogen-bond acceptors (Lipinski definition) is 1. The Labute approximate surface area is 137 Å². The van der Waals surface area contributed by atoms with Gasteiger partial charge in [-0.15, -0.1) is 11.6 Å². The summed E-state index contributed by atoms with van der Waals surface area (Å²) in [5.74, 6) is 0.864. The van der Waals surface area contributed by atoms with Gasteiger partial charge in [-0.1, -0.05) is 52.3 Å². The zero-order chi connectivity index (χ0) is 14.8. The van der Waals surface area contributed by atoms with Gasteiger partial charge in [-0.3, -0.25) is 0 Å². The van der Waals surface area contributed by atoms with E-state index in [-0.39, 0.29) is 5.38 Å². The third kappa shape index (κ3) is 2.92. The molecule has 0 aliphatic rings. The second-order valence-electron chi connectivity index (χ2n) is 4.86. The number of ether oxygens (including phenoxy) is 1. The van der Waals surface area contributed by atoms with Crippen molar-refractivity contribution >= 4 is 38.3 Å². The molecule has 1 nitrogen and oxygen atoms in total. The summed E-state index contributed by atoms with van der Waals surface area (Å²) in [5, 5.41) is 2.13. The minimum Gasteiger partial charge on any atom is -0.497 e. The van der Waals surface area contributed by atoms with E-state index in [0.29, 0.717) is 0 Å². The molecule has 0 bridgehead atoms. The highest BCUT2D eigenvalue weighted by atomic mass is 79.9. The van der Waals surface area contributed by atoms with Crippen molar-refractivity contribution < 1.29 is 4.74 Å². The van der Waals surface area contributed by atoms with Crippen LogP contribution in [-0.4, -0.2) is 7.11 Å². The Hall–Kier alpha value is -1.51. The predicted octanol–water partition coefficient (Wildman–Crippen LogP) is 5.94. The van der Waals surface area contributed by atoms with Crippen LogP contribution in [0.4, 0.5) is 0 Å². The fourth-order valence-corrected chi connectivity index (χ4v) is 3.36. The highest BCUT2D eigenvalue weighted by molar-refractivity contribution is 9.10. The van der Waals surface area contributed by atoms with Gasteiger partial charge in [-0.2, -0.15) is 0 Å². The molecule has 3 rings (SSSR count). The first-order valence-electron chi connectivity index (χ1n) is 6.65. The van der Waals surface area contributed by atoms with E-state index < -0.39 is 0 Å². The summed E-state index contributed by atoms with van der Waals surface area (Å²) in [6, 6.07) is 20.4. The van der Waals surface area contributed by atoms with Crippen molar-refractivity contribution in [1.29, 1.82) is 0 Å². The predicted molar refractivity (Wildman–Crippen MR) is 92.3 cm³/mol. The normalized spacial score (nSPS) is 12.3. The molecule has 3 heteroatoms. The van der Waals surface area contributed by atoms with Gasteiger partial charge in [0.05, 0.1) is 12.5 Å². The SMILES string of the molecule is COc1ccc2cc(C(Cl)c3ccccc3Br)ccc2c1. The lowest BCUT2D eigenvalue weighted by atomic mass is 10.0. The highest BCUT2D eigenvalue weighted by Crippen LogP contribution is 2.35. The Balaban J connectivity index is 2.03. The van der Waals surface area contributed by atoms with Crippen LogP contribution in [0.3, 0.4) is 0 Å². The average molecular weight is 362 g/mol. The third-order valence-electron chi connectivity index (χ3n) is 3.54. The van der Waals surface area contributed by atoms with Gasteiger partial charge in [0, 0.05) is 4.47 Å². The summed E-state index contributed by atoms with van der Waals surface area (Å²) in [6.45, 7) is 0. The van der Waals surface area contributed by atoms with Gasteiger partial charge in [0.1, 0.15) is 5.75 Å². The van der Waals surface area contributed by atoms with Gasteiger partial charge >= 0.3 is 0 Å². The third-order valence-corrected chi connectivity index (χ3v) is 4.75. The molecule has 0 aliphatic carbocycles. The molecule has 0 saturated heterocycles. The molecular weight excluding hydrogens is 348 g/mol. The van der Waals surface area contributed by atoms with Crippen molar-refractivity contribution in [3.8, 4) is 5.75 Å². The lowest BCUT2D eigenvalue weighted by Gasteiger charge is -2.13. The lowest BCUT2D eigenvalue weighted by molar-refractivity contribution is 0.415. The summed E-state index contributed by atoms with van der Waals surface area (Å²) < 4.78 is 6.28. The monoisotopic (exact) mass is 360 g/mol. The molecule has 1 unspecified atom stereocenters. The van der Waals surface area contributed by atoms with Crippen LogP contribution in [0.25, 0.3) is 10.8 Å². The maximum Gasteiger partial charge on any atom is 0.119 e. The van der Waals surface area contributed by atoms with Crippen molar-refractivity contribution in [2.24, 2.45) is 0 Å². The van der Waals surface area contributed by atoms with Crippen molar-refractivity contribution in [3.63, 3.8) is 0 Å². The zero-order valence-electron chi connectivity index (χ0n) is 11.5. The molecule has 0 heterocycles. The Kier molecular flexibility index (Phi) is 4.18. The van der Waals surface area contributed by atoms with Gasteiger partial charge in [-0.05, 0) is 46.2 Å². The number of alkyl halides is 1. The largest absolute Gasteiger partial charge is 0.497 e. The molecule has 0 saturated carbocycles. The molecule has 0 spiro atoms. The molecular formula is C18H14BrClO. The molecule has 21 heavy (non-hydrogen) atoms. The summed E-state index contributed by atoms with van der Waals surface area (Å²) in [7, 11) is 1.68. The van der Waals surface area contributed by atoms with Crippen LogP contribution < -0.4 is 4.74 Å². The molecule has 106 valence electrons. The van der Waals surface area contributed by atoms with Crippen LogP contribution in [0.15, 0.2) is 65.1 Å². The Morgan fingerprint density at radius 1 is 0.952 bits per heavy atom. The van der Waals surface area contributed by atoms with E-state index in [1.165, 1.54) is 0 Å². The number of methoxy groups -OCH3 is 1. The first-order chi connectivity index (χ1) is 10.2. The Bertz CT molecular complexity index is 785. The minimum absolute atomic E-state index is 0.174. The van der Waals surface area contributed by atoms with Crippen molar-refractivity contribution in [3.05, 3.63) is 76.3 Å². The van der Waals surface area contributed by atoms with E-state index in [1.54, 1.807) is 7.11 Å². The zero-order valence-corrected chi connectivity index (χ0v) is 13.9. The molecule has 1 atom stereocenters. The summed E-state index contributed by atoms with van der Waals surface area (Å²) >= 11 is 10.2. The topological polar surface area (TPSA) is 9.23 Å². The number of hydrogen-bond donors (Lipinski definition) is 0. The fraction of sp³-hybridized carbons (Fsp3) is 0.111. The van der Waals surface area contributed by atoms with Gasteiger partial charge < -0.3 is 4.74 Å². The van der Waals surface area contributed by atoms with Gasteiger partial charge in [0.2, 0.25) is 0 Å². The molecule has 3 aromatic rings. The molecule has 3 aromatic carbocycles. The first-order valence-corrected chi connectivity index (χ1v) is 7.88. The van der Waals surface area contributed by atoms with Crippen LogP contribution in [-0.2, 0) is 0 Å². The molecule has 0 amide bonds. The number of halogens is 2. The standard InChI is InChI=1S/C18H14BrClO/c1-21-15-9-8-12-10-14(7-6-13(12)11-15)18(20)16-4-2-3-5-17(16)19/h2-11,18H,1H3. The molecule has 0 fully saturated rings. The maximum absolute atomic E-state index is 6.64. The van der Waals surface area contributed by atoms with E-state index in [0.717, 1.165) is 32.1 Å². The number of rotatable bonds is 3. The summed E-state index contributed by atoms with van der Waals surface area (Å²) in [5.41, 5.74) is 2.16. The van der Waals surface area contributed by atoms with Crippen LogP contribution >= 0.6 is 27.5 Å². The summed E-state index contributed by atoms with van der Waals surface area (Å²) in [6.07, 6.45) is 0. The average Bonchev–Trinajstić information content (AvgIpc) is 2.53. The first kappa shape index (κ1) is 14.4. The van der Waals surface area contributed by atoms with Crippen molar-refractivity contribution in [2.75, 3.05) is 7.11 Å². The number of fused-ring (bicyclic) bond motifs is 1. The second kappa shape index (κ2) is 6.08.